The van der Waals surface area contributed by atoms with Crippen LogP contribution in [0, 0.1) is 6.92 Å². The highest BCUT2D eigenvalue weighted by Gasteiger charge is 2.17. The Balaban J connectivity index is 1.62. The molecule has 1 amide bonds. The van der Waals surface area contributed by atoms with E-state index in [4.69, 9.17) is 0 Å². The van der Waals surface area contributed by atoms with E-state index in [0.29, 0.717) is 18.7 Å². The Labute approximate surface area is 117 Å². The van der Waals surface area contributed by atoms with Gasteiger partial charge in [-0.15, -0.1) is 0 Å². The summed E-state index contributed by atoms with van der Waals surface area (Å²) in [6.45, 7) is 4.31. The van der Waals surface area contributed by atoms with Gasteiger partial charge in [0.1, 0.15) is 12.1 Å². The predicted molar refractivity (Wildman–Crippen MR) is 74.4 cm³/mol. The molecule has 1 N–H and O–H groups in total. The van der Waals surface area contributed by atoms with Gasteiger partial charge >= 0.3 is 0 Å². The number of rotatable bonds is 4. The van der Waals surface area contributed by atoms with E-state index in [9.17, 15) is 4.79 Å². The highest BCUT2D eigenvalue weighted by atomic mass is 16.2. The quantitative estimate of drug-likeness (QED) is 0.895. The largest absolute Gasteiger partial charge is 0.369 e. The fraction of sp³-hybridized carbons (Fsp3) is 0.538. The fourth-order valence-electron chi connectivity index (χ4n) is 2.48. The number of nitrogens with zero attached hydrogens (tertiary/aromatic N) is 5. The number of carbonyl (C=O) groups is 1. The van der Waals surface area contributed by atoms with Gasteiger partial charge in [0.05, 0.1) is 0 Å². The lowest BCUT2D eigenvalue weighted by Gasteiger charge is -2.15. The second kappa shape index (κ2) is 5.44. The minimum atomic E-state index is 0.218. The van der Waals surface area contributed by atoms with Crippen molar-refractivity contribution in [1.82, 2.24) is 24.5 Å². The van der Waals surface area contributed by atoms with Gasteiger partial charge in [-0.25, -0.2) is 4.98 Å². The number of likely N-dealkylation sites (tertiary alicyclic amines) is 1. The van der Waals surface area contributed by atoms with E-state index in [-0.39, 0.29) is 5.91 Å². The molecule has 2 aromatic rings. The fourth-order valence-corrected chi connectivity index (χ4v) is 2.48. The van der Waals surface area contributed by atoms with Gasteiger partial charge in [-0.2, -0.15) is 14.6 Å². The Bertz CT molecular complexity index is 616. The number of fused-ring (bicyclic) bond motifs is 1. The molecule has 2 aromatic heterocycles. The van der Waals surface area contributed by atoms with Crippen molar-refractivity contribution < 1.29 is 4.79 Å². The van der Waals surface area contributed by atoms with E-state index >= 15 is 0 Å². The second-order valence-corrected chi connectivity index (χ2v) is 5.02. The molecule has 7 nitrogen and oxygen atoms in total. The summed E-state index contributed by atoms with van der Waals surface area (Å²) in [5, 5.41) is 7.36. The van der Waals surface area contributed by atoms with Crippen LogP contribution in [0.4, 0.5) is 5.82 Å². The third kappa shape index (κ3) is 2.56. The molecule has 3 heterocycles. The van der Waals surface area contributed by atoms with Crippen molar-refractivity contribution >= 4 is 17.5 Å². The van der Waals surface area contributed by atoms with Crippen LogP contribution in [0.5, 0.6) is 0 Å². The van der Waals surface area contributed by atoms with Crippen LogP contribution >= 0.6 is 0 Å². The maximum atomic E-state index is 12.0. The zero-order valence-electron chi connectivity index (χ0n) is 11.5. The third-order valence-electron chi connectivity index (χ3n) is 3.48. The molecule has 0 aromatic carbocycles. The summed E-state index contributed by atoms with van der Waals surface area (Å²) in [5.74, 6) is 1.60. The van der Waals surface area contributed by atoms with Gasteiger partial charge in [-0.1, -0.05) is 0 Å². The van der Waals surface area contributed by atoms with Crippen LogP contribution in [0.1, 0.15) is 25.0 Å². The first kappa shape index (κ1) is 12.8. The molecule has 0 aliphatic carbocycles. The number of carbonyl (C=O) groups excluding carboxylic acids is 1. The van der Waals surface area contributed by atoms with E-state index in [0.717, 1.165) is 37.4 Å². The molecule has 1 saturated heterocycles. The van der Waals surface area contributed by atoms with Crippen molar-refractivity contribution in [3.05, 3.63) is 18.1 Å². The summed E-state index contributed by atoms with van der Waals surface area (Å²) >= 11 is 0. The van der Waals surface area contributed by atoms with E-state index in [1.807, 2.05) is 17.9 Å². The van der Waals surface area contributed by atoms with Gasteiger partial charge < -0.3 is 10.2 Å². The van der Waals surface area contributed by atoms with Gasteiger partial charge in [-0.3, -0.25) is 4.79 Å². The summed E-state index contributed by atoms with van der Waals surface area (Å²) in [6.07, 6.45) is 4.23. The van der Waals surface area contributed by atoms with Crippen LogP contribution < -0.4 is 5.32 Å². The molecule has 3 rings (SSSR count). The van der Waals surface area contributed by atoms with Crippen LogP contribution in [-0.2, 0) is 4.79 Å². The molecule has 0 bridgehead atoms. The zero-order chi connectivity index (χ0) is 13.9. The van der Waals surface area contributed by atoms with Crippen LogP contribution in [-0.4, -0.2) is 50.0 Å². The first-order chi connectivity index (χ1) is 9.74. The molecule has 0 unspecified atom stereocenters. The molecular weight excluding hydrogens is 256 g/mol. The molecule has 20 heavy (non-hydrogen) atoms. The lowest BCUT2D eigenvalue weighted by molar-refractivity contribution is -0.129. The second-order valence-electron chi connectivity index (χ2n) is 5.02. The first-order valence-electron chi connectivity index (χ1n) is 6.93. The van der Waals surface area contributed by atoms with E-state index in [2.05, 4.69) is 20.4 Å². The smallest absolute Gasteiger partial charge is 0.254 e. The average molecular weight is 274 g/mol. The van der Waals surface area contributed by atoms with Crippen LogP contribution in [0.25, 0.3) is 5.78 Å². The average Bonchev–Trinajstić information content (AvgIpc) is 3.09. The van der Waals surface area contributed by atoms with Crippen molar-refractivity contribution in [2.45, 2.75) is 26.2 Å². The minimum absolute atomic E-state index is 0.218. The SMILES string of the molecule is Cc1cc(NCCC(=O)N2CCCC2)n2ncnc2n1. The Morgan fingerprint density at radius 1 is 1.40 bits per heavy atom. The molecule has 0 saturated carbocycles. The van der Waals surface area contributed by atoms with Crippen LogP contribution in [0.15, 0.2) is 12.4 Å². The van der Waals surface area contributed by atoms with Crippen molar-refractivity contribution in [1.29, 1.82) is 0 Å². The number of amides is 1. The summed E-state index contributed by atoms with van der Waals surface area (Å²) in [7, 11) is 0. The molecule has 0 radical (unpaired) electrons. The molecule has 1 aliphatic heterocycles. The maximum Gasteiger partial charge on any atom is 0.254 e. The number of hydrogen-bond acceptors (Lipinski definition) is 5. The summed E-state index contributed by atoms with van der Waals surface area (Å²) < 4.78 is 1.65. The van der Waals surface area contributed by atoms with Crippen molar-refractivity contribution in [2.75, 3.05) is 25.0 Å². The van der Waals surface area contributed by atoms with E-state index < -0.39 is 0 Å². The molecule has 1 fully saturated rings. The lowest BCUT2D eigenvalue weighted by atomic mass is 10.3. The molecule has 0 spiro atoms. The Kier molecular flexibility index (Phi) is 3.49. The van der Waals surface area contributed by atoms with Gasteiger partial charge in [0.25, 0.3) is 5.78 Å². The normalized spacial score (nSPS) is 14.9. The maximum absolute atomic E-state index is 12.0. The summed E-state index contributed by atoms with van der Waals surface area (Å²) in [6, 6.07) is 1.90. The highest BCUT2D eigenvalue weighted by molar-refractivity contribution is 5.76. The number of nitrogens with one attached hydrogen (secondary N) is 1. The first-order valence-corrected chi connectivity index (χ1v) is 6.93. The Morgan fingerprint density at radius 2 is 2.20 bits per heavy atom. The summed E-state index contributed by atoms with van der Waals surface area (Å²) in [5.41, 5.74) is 0.874. The summed E-state index contributed by atoms with van der Waals surface area (Å²) in [4.78, 5) is 22.2. The molecular formula is C13H18N6O. The minimum Gasteiger partial charge on any atom is -0.369 e. The van der Waals surface area contributed by atoms with Gasteiger partial charge in [0.2, 0.25) is 5.91 Å². The van der Waals surface area contributed by atoms with Crippen LogP contribution in [0.3, 0.4) is 0 Å². The predicted octanol–water partition coefficient (Wildman–Crippen LogP) is 0.857. The Morgan fingerprint density at radius 3 is 3.00 bits per heavy atom. The zero-order valence-corrected chi connectivity index (χ0v) is 11.5. The van der Waals surface area contributed by atoms with E-state index in [1.54, 1.807) is 4.52 Å². The van der Waals surface area contributed by atoms with E-state index in [1.165, 1.54) is 6.33 Å². The van der Waals surface area contributed by atoms with Crippen LogP contribution in [0.2, 0.25) is 0 Å². The van der Waals surface area contributed by atoms with Gasteiger partial charge in [0.15, 0.2) is 0 Å². The van der Waals surface area contributed by atoms with Crippen molar-refractivity contribution in [3.63, 3.8) is 0 Å². The Hall–Kier alpha value is -2.18. The van der Waals surface area contributed by atoms with Gasteiger partial charge in [-0.05, 0) is 19.8 Å². The number of aromatic nitrogens is 4. The monoisotopic (exact) mass is 274 g/mol. The standard InChI is InChI=1S/C13H18N6O/c1-10-8-11(19-13(17-10)15-9-16-19)14-5-4-12(20)18-6-2-3-7-18/h8-9,14H,2-7H2,1H3. The number of aryl methyl sites for hydroxylation is 1. The molecule has 106 valence electrons. The molecule has 7 heteroatoms. The molecule has 0 atom stereocenters. The van der Waals surface area contributed by atoms with Crippen molar-refractivity contribution in [2.24, 2.45) is 0 Å². The highest BCUT2D eigenvalue weighted by Crippen LogP contribution is 2.11. The topological polar surface area (TPSA) is 75.4 Å². The number of anilines is 1. The number of hydrogen-bond donors (Lipinski definition) is 1. The van der Waals surface area contributed by atoms with Crippen molar-refractivity contribution in [3.8, 4) is 0 Å². The third-order valence-corrected chi connectivity index (χ3v) is 3.48. The van der Waals surface area contributed by atoms with Gasteiger partial charge in [0, 0.05) is 37.8 Å². The lowest BCUT2D eigenvalue weighted by Crippen LogP contribution is -2.29. The molecule has 1 aliphatic rings.